The molecule has 2 rings (SSSR count). The molecule has 0 spiro atoms. The average molecular weight is 296 g/mol. The lowest BCUT2D eigenvalue weighted by Crippen LogP contribution is -2.22. The minimum Gasteiger partial charge on any atom is -0.325 e. The molecule has 1 amide bonds. The van der Waals surface area contributed by atoms with Gasteiger partial charge in [0.05, 0.1) is 5.25 Å². The van der Waals surface area contributed by atoms with Gasteiger partial charge in [0.15, 0.2) is 4.34 Å². The van der Waals surface area contributed by atoms with E-state index in [-0.39, 0.29) is 17.0 Å². The molecule has 0 bridgehead atoms. The maximum absolute atomic E-state index is 12.7. The highest BCUT2D eigenvalue weighted by Crippen LogP contribution is 2.27. The van der Waals surface area contributed by atoms with Gasteiger partial charge in [0.1, 0.15) is 5.82 Å². The molecular formula is C13H13FN2OS2. The summed E-state index contributed by atoms with van der Waals surface area (Å²) in [6, 6.07) is 5.71. The van der Waals surface area contributed by atoms with Crippen LogP contribution < -0.4 is 5.32 Å². The van der Waals surface area contributed by atoms with Crippen LogP contribution in [0.25, 0.3) is 0 Å². The highest BCUT2D eigenvalue weighted by atomic mass is 32.2. The quantitative estimate of drug-likeness (QED) is 0.875. The number of anilines is 1. The molecule has 0 aliphatic heterocycles. The first-order valence-electron chi connectivity index (χ1n) is 5.70. The van der Waals surface area contributed by atoms with E-state index in [1.807, 2.05) is 19.2 Å². The zero-order chi connectivity index (χ0) is 13.8. The van der Waals surface area contributed by atoms with E-state index >= 15 is 0 Å². The smallest absolute Gasteiger partial charge is 0.237 e. The van der Waals surface area contributed by atoms with E-state index in [1.54, 1.807) is 0 Å². The Hall–Kier alpha value is -1.40. The predicted molar refractivity (Wildman–Crippen MR) is 77.2 cm³/mol. The van der Waals surface area contributed by atoms with Crippen molar-refractivity contribution in [1.82, 2.24) is 4.98 Å². The summed E-state index contributed by atoms with van der Waals surface area (Å²) in [6.45, 7) is 3.74. The lowest BCUT2D eigenvalue weighted by atomic mass is 10.3. The van der Waals surface area contributed by atoms with Crippen molar-refractivity contribution in [2.24, 2.45) is 0 Å². The summed E-state index contributed by atoms with van der Waals surface area (Å²) < 4.78 is 13.6. The molecule has 2 aromatic rings. The van der Waals surface area contributed by atoms with Crippen molar-refractivity contribution in [3.05, 3.63) is 41.2 Å². The van der Waals surface area contributed by atoms with Crippen LogP contribution in [0, 0.1) is 12.7 Å². The molecule has 1 heterocycles. The third-order valence-electron chi connectivity index (χ3n) is 2.36. The Labute approximate surface area is 119 Å². The molecule has 3 nitrogen and oxygen atoms in total. The lowest BCUT2D eigenvalue weighted by molar-refractivity contribution is -0.115. The van der Waals surface area contributed by atoms with Gasteiger partial charge in [0.2, 0.25) is 5.91 Å². The standard InChI is InChI=1S/C13H13FN2OS2/c1-8-7-18-13(15-8)19-9(2)12(17)16-11-5-3-10(14)4-6-11/h3-7,9H,1-2H3,(H,16,17)/t9-/m0/s1. The second-order valence-electron chi connectivity index (χ2n) is 4.01. The summed E-state index contributed by atoms with van der Waals surface area (Å²) in [4.78, 5) is 16.3. The van der Waals surface area contributed by atoms with Gasteiger partial charge < -0.3 is 5.32 Å². The first kappa shape index (κ1) is 14.0. The van der Waals surface area contributed by atoms with E-state index in [0.717, 1.165) is 10.0 Å². The lowest BCUT2D eigenvalue weighted by Gasteiger charge is -2.10. The molecule has 0 saturated carbocycles. The van der Waals surface area contributed by atoms with Crippen LogP contribution in [0.15, 0.2) is 34.0 Å². The largest absolute Gasteiger partial charge is 0.325 e. The van der Waals surface area contributed by atoms with Crippen molar-refractivity contribution < 1.29 is 9.18 Å². The highest BCUT2D eigenvalue weighted by molar-refractivity contribution is 8.02. The van der Waals surface area contributed by atoms with Crippen molar-refractivity contribution >= 4 is 34.7 Å². The number of carbonyl (C=O) groups excluding carboxylic acids is 1. The van der Waals surface area contributed by atoms with Crippen molar-refractivity contribution in [3.8, 4) is 0 Å². The molecule has 1 aromatic carbocycles. The number of benzene rings is 1. The first-order valence-corrected chi connectivity index (χ1v) is 7.46. The van der Waals surface area contributed by atoms with Crippen LogP contribution in [-0.2, 0) is 4.79 Å². The van der Waals surface area contributed by atoms with Crippen molar-refractivity contribution in [1.29, 1.82) is 0 Å². The summed E-state index contributed by atoms with van der Waals surface area (Å²) >= 11 is 2.94. The molecule has 100 valence electrons. The van der Waals surface area contributed by atoms with Gasteiger partial charge in [-0.2, -0.15) is 0 Å². The van der Waals surface area contributed by atoms with E-state index in [9.17, 15) is 9.18 Å². The molecular weight excluding hydrogens is 283 g/mol. The van der Waals surface area contributed by atoms with Crippen LogP contribution in [0.1, 0.15) is 12.6 Å². The van der Waals surface area contributed by atoms with Gasteiger partial charge in [0.25, 0.3) is 0 Å². The topological polar surface area (TPSA) is 42.0 Å². The minimum atomic E-state index is -0.321. The highest BCUT2D eigenvalue weighted by Gasteiger charge is 2.16. The van der Waals surface area contributed by atoms with E-state index in [4.69, 9.17) is 0 Å². The summed E-state index contributed by atoms with van der Waals surface area (Å²) in [7, 11) is 0. The van der Waals surface area contributed by atoms with Crippen molar-refractivity contribution in [3.63, 3.8) is 0 Å². The number of halogens is 1. The van der Waals surface area contributed by atoms with Gasteiger partial charge >= 0.3 is 0 Å². The van der Waals surface area contributed by atoms with Crippen LogP contribution in [0.2, 0.25) is 0 Å². The predicted octanol–water partition coefficient (Wildman–Crippen LogP) is 3.71. The number of aryl methyl sites for hydroxylation is 1. The van der Waals surface area contributed by atoms with Crippen molar-refractivity contribution in [2.75, 3.05) is 5.32 Å². The Balaban J connectivity index is 1.94. The number of thiazole rings is 1. The fourth-order valence-electron chi connectivity index (χ4n) is 1.37. The third-order valence-corrected chi connectivity index (χ3v) is 4.55. The second kappa shape index (κ2) is 6.16. The van der Waals surface area contributed by atoms with Gasteiger partial charge in [0, 0.05) is 16.8 Å². The van der Waals surface area contributed by atoms with Gasteiger partial charge in [-0.1, -0.05) is 11.8 Å². The molecule has 1 aromatic heterocycles. The molecule has 19 heavy (non-hydrogen) atoms. The maximum Gasteiger partial charge on any atom is 0.237 e. The van der Waals surface area contributed by atoms with Crippen LogP contribution >= 0.6 is 23.1 Å². The SMILES string of the molecule is Cc1csc(S[C@@H](C)C(=O)Nc2ccc(F)cc2)n1. The summed E-state index contributed by atoms with van der Waals surface area (Å²) in [5.41, 5.74) is 1.55. The van der Waals surface area contributed by atoms with Gasteiger partial charge in [-0.3, -0.25) is 4.79 Å². The monoisotopic (exact) mass is 296 g/mol. The van der Waals surface area contributed by atoms with Crippen LogP contribution in [0.4, 0.5) is 10.1 Å². The van der Waals surface area contributed by atoms with Gasteiger partial charge in [-0.25, -0.2) is 9.37 Å². The Bertz CT molecular complexity index is 568. The Morgan fingerprint density at radius 2 is 2.11 bits per heavy atom. The number of hydrogen-bond acceptors (Lipinski definition) is 4. The van der Waals surface area contributed by atoms with Gasteiger partial charge in [-0.05, 0) is 38.1 Å². The number of nitrogens with zero attached hydrogens (tertiary/aromatic N) is 1. The summed E-state index contributed by atoms with van der Waals surface area (Å²) in [5.74, 6) is -0.442. The zero-order valence-electron chi connectivity index (χ0n) is 10.5. The maximum atomic E-state index is 12.7. The van der Waals surface area contributed by atoms with E-state index in [2.05, 4.69) is 10.3 Å². The number of thioether (sulfide) groups is 1. The molecule has 0 saturated heterocycles. The number of rotatable bonds is 4. The van der Waals surface area contributed by atoms with Crippen LogP contribution in [0.3, 0.4) is 0 Å². The Kier molecular flexibility index (Phi) is 4.55. The number of nitrogens with one attached hydrogen (secondary N) is 1. The van der Waals surface area contributed by atoms with Gasteiger partial charge in [-0.15, -0.1) is 11.3 Å². The van der Waals surface area contributed by atoms with Crippen LogP contribution in [-0.4, -0.2) is 16.1 Å². The normalized spacial score (nSPS) is 12.2. The summed E-state index contributed by atoms with van der Waals surface area (Å²) in [5, 5.41) is 4.44. The third kappa shape index (κ3) is 4.04. The number of hydrogen-bond donors (Lipinski definition) is 1. The van der Waals surface area contributed by atoms with E-state index in [1.165, 1.54) is 47.4 Å². The minimum absolute atomic E-state index is 0.121. The number of carbonyl (C=O) groups is 1. The molecule has 0 aliphatic carbocycles. The first-order chi connectivity index (χ1) is 9.04. The van der Waals surface area contributed by atoms with E-state index in [0.29, 0.717) is 5.69 Å². The second-order valence-corrected chi connectivity index (χ2v) is 6.46. The molecule has 0 aliphatic rings. The van der Waals surface area contributed by atoms with Crippen LogP contribution in [0.5, 0.6) is 0 Å². The molecule has 1 N–H and O–H groups in total. The Morgan fingerprint density at radius 1 is 1.42 bits per heavy atom. The molecule has 1 atom stereocenters. The number of aromatic nitrogens is 1. The summed E-state index contributed by atoms with van der Waals surface area (Å²) in [6.07, 6.45) is 0. The Morgan fingerprint density at radius 3 is 2.68 bits per heavy atom. The molecule has 0 radical (unpaired) electrons. The molecule has 0 unspecified atom stereocenters. The molecule has 0 fully saturated rings. The van der Waals surface area contributed by atoms with Crippen molar-refractivity contribution in [2.45, 2.75) is 23.4 Å². The fourth-order valence-corrected chi connectivity index (χ4v) is 3.35. The molecule has 6 heteroatoms. The fraction of sp³-hybridized carbons (Fsp3) is 0.231. The zero-order valence-corrected chi connectivity index (χ0v) is 12.1. The van der Waals surface area contributed by atoms with E-state index < -0.39 is 0 Å². The average Bonchev–Trinajstić information content (AvgIpc) is 2.77. The number of amides is 1.